The van der Waals surface area contributed by atoms with Crippen molar-refractivity contribution in [3.8, 4) is 0 Å². The highest BCUT2D eigenvalue weighted by molar-refractivity contribution is 7.09. The second-order valence-corrected chi connectivity index (χ2v) is 5.99. The van der Waals surface area contributed by atoms with Gasteiger partial charge in [0.2, 0.25) is 0 Å². The fourth-order valence-corrected chi connectivity index (χ4v) is 3.04. The molecule has 0 bridgehead atoms. The van der Waals surface area contributed by atoms with Gasteiger partial charge in [0.05, 0.1) is 17.8 Å². The predicted octanol–water partition coefficient (Wildman–Crippen LogP) is 3.29. The largest absolute Gasteiger partial charge is 0.368 e. The molecule has 0 saturated heterocycles. The monoisotopic (exact) mass is 312 g/mol. The molecule has 2 rings (SSSR count). The molecule has 2 N–H and O–H groups in total. The smallest absolute Gasteiger partial charge is 0.330 e. The maximum Gasteiger partial charge on any atom is 0.330 e. The molecule has 0 aliphatic heterocycles. The molecule has 1 heterocycles. The Morgan fingerprint density at radius 1 is 1.40 bits per heavy atom. The van der Waals surface area contributed by atoms with E-state index >= 15 is 0 Å². The fourth-order valence-electron chi connectivity index (χ4n) is 2.21. The lowest BCUT2D eigenvalue weighted by atomic mass is 9.96. The van der Waals surface area contributed by atoms with Crippen molar-refractivity contribution in [2.24, 2.45) is 5.73 Å². The third kappa shape index (κ3) is 3.48. The SMILES string of the molecule is NC1(c2csc(COCC(F)(F)C(F)F)n2)CCCC1. The number of thiazole rings is 1. The number of alkyl halides is 4. The Labute approximate surface area is 118 Å². The summed E-state index contributed by atoms with van der Waals surface area (Å²) in [5.41, 5.74) is 6.51. The zero-order valence-corrected chi connectivity index (χ0v) is 11.6. The van der Waals surface area contributed by atoms with Gasteiger partial charge in [-0.2, -0.15) is 8.78 Å². The Kier molecular flexibility index (Phi) is 4.66. The van der Waals surface area contributed by atoms with Crippen molar-refractivity contribution in [3.63, 3.8) is 0 Å². The van der Waals surface area contributed by atoms with E-state index in [1.54, 1.807) is 5.38 Å². The van der Waals surface area contributed by atoms with Crippen molar-refractivity contribution in [2.75, 3.05) is 6.61 Å². The van der Waals surface area contributed by atoms with Crippen molar-refractivity contribution >= 4 is 11.3 Å². The molecular formula is C12H16F4N2OS. The number of halogens is 4. The van der Waals surface area contributed by atoms with Gasteiger partial charge in [-0.15, -0.1) is 11.3 Å². The second kappa shape index (κ2) is 5.95. The number of hydrogen-bond donors (Lipinski definition) is 1. The van der Waals surface area contributed by atoms with E-state index in [2.05, 4.69) is 9.72 Å². The molecule has 20 heavy (non-hydrogen) atoms. The van der Waals surface area contributed by atoms with E-state index in [1.165, 1.54) is 11.3 Å². The molecule has 0 radical (unpaired) electrons. The summed E-state index contributed by atoms with van der Waals surface area (Å²) < 4.78 is 53.8. The lowest BCUT2D eigenvalue weighted by molar-refractivity contribution is -0.168. The van der Waals surface area contributed by atoms with E-state index in [9.17, 15) is 17.6 Å². The van der Waals surface area contributed by atoms with E-state index in [0.29, 0.717) is 5.01 Å². The van der Waals surface area contributed by atoms with Crippen LogP contribution in [0, 0.1) is 0 Å². The molecule has 3 nitrogen and oxygen atoms in total. The van der Waals surface area contributed by atoms with Crippen LogP contribution in [0.5, 0.6) is 0 Å². The minimum absolute atomic E-state index is 0.205. The van der Waals surface area contributed by atoms with Crippen LogP contribution >= 0.6 is 11.3 Å². The van der Waals surface area contributed by atoms with E-state index in [1.807, 2.05) is 0 Å². The number of aromatic nitrogens is 1. The van der Waals surface area contributed by atoms with Crippen molar-refractivity contribution < 1.29 is 22.3 Å². The van der Waals surface area contributed by atoms with Gasteiger partial charge in [-0.05, 0) is 12.8 Å². The zero-order chi connectivity index (χ0) is 14.8. The number of nitrogens with two attached hydrogens (primary N) is 1. The first kappa shape index (κ1) is 15.7. The summed E-state index contributed by atoms with van der Waals surface area (Å²) in [6, 6.07) is 0. The second-order valence-electron chi connectivity index (χ2n) is 5.04. The topological polar surface area (TPSA) is 48.1 Å². The molecule has 0 unspecified atom stereocenters. The van der Waals surface area contributed by atoms with Gasteiger partial charge in [-0.25, -0.2) is 13.8 Å². The first-order valence-electron chi connectivity index (χ1n) is 6.31. The van der Waals surface area contributed by atoms with Crippen LogP contribution < -0.4 is 5.73 Å². The Balaban J connectivity index is 1.87. The van der Waals surface area contributed by atoms with Crippen molar-refractivity contribution in [1.82, 2.24) is 4.98 Å². The summed E-state index contributed by atoms with van der Waals surface area (Å²) in [5.74, 6) is -4.12. The van der Waals surface area contributed by atoms with Gasteiger partial charge in [0.15, 0.2) is 0 Å². The zero-order valence-electron chi connectivity index (χ0n) is 10.8. The maximum absolute atomic E-state index is 12.6. The maximum atomic E-state index is 12.6. The third-order valence-corrected chi connectivity index (χ3v) is 4.22. The molecule has 114 valence electrons. The molecular weight excluding hydrogens is 296 g/mol. The summed E-state index contributed by atoms with van der Waals surface area (Å²) >= 11 is 1.25. The van der Waals surface area contributed by atoms with Gasteiger partial charge >= 0.3 is 12.3 Å². The minimum Gasteiger partial charge on any atom is -0.368 e. The standard InChI is InChI=1S/C12H16F4N2OS/c13-10(14)12(15,16)7-19-5-9-18-8(6-20-9)11(17)3-1-2-4-11/h6,10H,1-5,7,17H2. The predicted molar refractivity (Wildman–Crippen MR) is 67.1 cm³/mol. The quantitative estimate of drug-likeness (QED) is 0.820. The average Bonchev–Trinajstić information content (AvgIpc) is 2.99. The van der Waals surface area contributed by atoms with Crippen LogP contribution in [0.1, 0.15) is 36.4 Å². The average molecular weight is 312 g/mol. The molecule has 1 aromatic rings. The van der Waals surface area contributed by atoms with Crippen LogP contribution in [0.2, 0.25) is 0 Å². The molecule has 0 atom stereocenters. The van der Waals surface area contributed by atoms with Crippen LogP contribution in [0.15, 0.2) is 5.38 Å². The summed E-state index contributed by atoms with van der Waals surface area (Å²) in [7, 11) is 0. The van der Waals surface area contributed by atoms with Crippen molar-refractivity contribution in [3.05, 3.63) is 16.1 Å². The Hall–Kier alpha value is -0.730. The van der Waals surface area contributed by atoms with Crippen molar-refractivity contribution in [2.45, 2.75) is 50.2 Å². The van der Waals surface area contributed by atoms with Crippen LogP contribution in [0.4, 0.5) is 17.6 Å². The first-order valence-corrected chi connectivity index (χ1v) is 7.19. The molecule has 0 amide bonds. The number of rotatable bonds is 6. The molecule has 1 saturated carbocycles. The lowest BCUT2D eigenvalue weighted by Gasteiger charge is -2.20. The van der Waals surface area contributed by atoms with Gasteiger partial charge in [0.25, 0.3) is 0 Å². The summed E-state index contributed by atoms with van der Waals surface area (Å²) in [4.78, 5) is 4.26. The molecule has 1 fully saturated rings. The minimum atomic E-state index is -4.12. The third-order valence-electron chi connectivity index (χ3n) is 3.40. The Morgan fingerprint density at radius 3 is 2.65 bits per heavy atom. The van der Waals surface area contributed by atoms with Crippen LogP contribution in [0.25, 0.3) is 0 Å². The van der Waals surface area contributed by atoms with Crippen molar-refractivity contribution in [1.29, 1.82) is 0 Å². The van der Waals surface area contributed by atoms with E-state index in [0.717, 1.165) is 31.4 Å². The highest BCUT2D eigenvalue weighted by Crippen LogP contribution is 2.36. The van der Waals surface area contributed by atoms with Gasteiger partial charge in [-0.1, -0.05) is 12.8 Å². The lowest BCUT2D eigenvalue weighted by Crippen LogP contribution is -2.33. The van der Waals surface area contributed by atoms with Crippen LogP contribution in [-0.2, 0) is 16.9 Å². The normalized spacial score (nSPS) is 18.9. The first-order chi connectivity index (χ1) is 9.33. The number of nitrogens with zero attached hydrogens (tertiary/aromatic N) is 1. The highest BCUT2D eigenvalue weighted by atomic mass is 32.1. The molecule has 1 aliphatic rings. The van der Waals surface area contributed by atoms with E-state index in [4.69, 9.17) is 5.73 Å². The molecule has 1 aliphatic carbocycles. The van der Waals surface area contributed by atoms with Crippen LogP contribution in [-0.4, -0.2) is 23.9 Å². The summed E-state index contributed by atoms with van der Waals surface area (Å²) in [5, 5.41) is 2.26. The van der Waals surface area contributed by atoms with E-state index < -0.39 is 24.5 Å². The Bertz CT molecular complexity index is 446. The highest BCUT2D eigenvalue weighted by Gasteiger charge is 2.41. The van der Waals surface area contributed by atoms with Gasteiger partial charge in [0.1, 0.15) is 11.6 Å². The summed E-state index contributed by atoms with van der Waals surface area (Å²) in [6.45, 7) is -1.52. The van der Waals surface area contributed by atoms with Gasteiger partial charge in [-0.3, -0.25) is 0 Å². The van der Waals surface area contributed by atoms with Crippen LogP contribution in [0.3, 0.4) is 0 Å². The molecule has 1 aromatic heterocycles. The summed E-state index contributed by atoms with van der Waals surface area (Å²) in [6.07, 6.45) is 0.0576. The van der Waals surface area contributed by atoms with Gasteiger partial charge in [0, 0.05) is 5.38 Å². The number of hydrogen-bond acceptors (Lipinski definition) is 4. The fraction of sp³-hybridized carbons (Fsp3) is 0.750. The molecule has 0 aromatic carbocycles. The number of ether oxygens (including phenoxy) is 1. The molecule has 8 heteroatoms. The Morgan fingerprint density at radius 2 is 2.05 bits per heavy atom. The van der Waals surface area contributed by atoms with E-state index in [-0.39, 0.29) is 6.61 Å². The molecule has 0 spiro atoms. The van der Waals surface area contributed by atoms with Gasteiger partial charge < -0.3 is 10.5 Å².